The van der Waals surface area contributed by atoms with Crippen molar-refractivity contribution >= 4 is 27.5 Å². The fourth-order valence-electron chi connectivity index (χ4n) is 2.29. The van der Waals surface area contributed by atoms with Crippen molar-refractivity contribution in [2.75, 3.05) is 32.6 Å². The third kappa shape index (κ3) is 6.77. The van der Waals surface area contributed by atoms with Crippen LogP contribution in [-0.4, -0.2) is 47.5 Å². The lowest BCUT2D eigenvalue weighted by Crippen LogP contribution is -2.40. The van der Waals surface area contributed by atoms with Crippen molar-refractivity contribution in [2.45, 2.75) is 11.8 Å². The van der Waals surface area contributed by atoms with E-state index in [1.54, 1.807) is 30.3 Å². The van der Waals surface area contributed by atoms with Crippen molar-refractivity contribution in [1.82, 2.24) is 10.0 Å². The Kier molecular flexibility index (Phi) is 7.57. The molecule has 0 saturated heterocycles. The maximum absolute atomic E-state index is 12.2. The van der Waals surface area contributed by atoms with Crippen LogP contribution in [-0.2, 0) is 19.6 Å². The standard InChI is InChI=1S/C19H23N3O6S/c1-13-4-6-17(7-5-13)29(25,26)21-12-18(23)20-11-19(24)22-14-8-15(27-2)10-16(9-14)28-3/h4-10,21H,11-12H2,1-3H3,(H,20,23)(H,22,24). The van der Waals surface area contributed by atoms with Crippen LogP contribution in [0.15, 0.2) is 47.4 Å². The van der Waals surface area contributed by atoms with E-state index in [0.29, 0.717) is 17.2 Å². The van der Waals surface area contributed by atoms with E-state index >= 15 is 0 Å². The van der Waals surface area contributed by atoms with Gasteiger partial charge in [-0.1, -0.05) is 17.7 Å². The smallest absolute Gasteiger partial charge is 0.243 e. The molecule has 0 unspecified atom stereocenters. The molecule has 2 amide bonds. The van der Waals surface area contributed by atoms with Gasteiger partial charge in [0, 0.05) is 23.9 Å². The number of aryl methyl sites for hydroxylation is 1. The largest absolute Gasteiger partial charge is 0.497 e. The van der Waals surface area contributed by atoms with E-state index in [2.05, 4.69) is 15.4 Å². The van der Waals surface area contributed by atoms with Crippen molar-refractivity contribution in [3.05, 3.63) is 48.0 Å². The molecule has 0 atom stereocenters. The van der Waals surface area contributed by atoms with Gasteiger partial charge in [0.2, 0.25) is 21.8 Å². The summed E-state index contributed by atoms with van der Waals surface area (Å²) in [6.45, 7) is 1.02. The van der Waals surface area contributed by atoms with Crippen LogP contribution in [0.4, 0.5) is 5.69 Å². The average molecular weight is 421 g/mol. The third-order valence-corrected chi connectivity index (χ3v) is 5.25. The lowest BCUT2D eigenvalue weighted by molar-refractivity contribution is -0.123. The van der Waals surface area contributed by atoms with Gasteiger partial charge in [0.05, 0.1) is 32.2 Å². The lowest BCUT2D eigenvalue weighted by Gasteiger charge is -2.11. The van der Waals surface area contributed by atoms with Crippen LogP contribution in [0.2, 0.25) is 0 Å². The molecule has 0 radical (unpaired) electrons. The molecular formula is C19H23N3O6S. The second-order valence-corrected chi connectivity index (χ2v) is 7.83. The van der Waals surface area contributed by atoms with E-state index < -0.39 is 28.4 Å². The van der Waals surface area contributed by atoms with E-state index in [1.165, 1.54) is 26.4 Å². The zero-order chi connectivity index (χ0) is 21.4. The van der Waals surface area contributed by atoms with Crippen LogP contribution < -0.4 is 24.8 Å². The number of anilines is 1. The van der Waals surface area contributed by atoms with Gasteiger partial charge in [-0.15, -0.1) is 0 Å². The van der Waals surface area contributed by atoms with Gasteiger partial charge in [-0.25, -0.2) is 13.1 Å². The summed E-state index contributed by atoms with van der Waals surface area (Å²) in [4.78, 5) is 24.0. The zero-order valence-corrected chi connectivity index (χ0v) is 17.1. The average Bonchev–Trinajstić information content (AvgIpc) is 2.70. The second-order valence-electron chi connectivity index (χ2n) is 6.06. The van der Waals surface area contributed by atoms with Crippen molar-refractivity contribution in [3.63, 3.8) is 0 Å². The molecule has 0 aromatic heterocycles. The molecule has 0 fully saturated rings. The molecular weight excluding hydrogens is 398 g/mol. The van der Waals surface area contributed by atoms with Crippen LogP contribution >= 0.6 is 0 Å². The molecule has 29 heavy (non-hydrogen) atoms. The Morgan fingerprint density at radius 2 is 1.48 bits per heavy atom. The summed E-state index contributed by atoms with van der Waals surface area (Å²) >= 11 is 0. The molecule has 2 aromatic carbocycles. The normalized spacial score (nSPS) is 10.9. The number of nitrogens with one attached hydrogen (secondary N) is 3. The van der Waals surface area contributed by atoms with Gasteiger partial charge in [-0.05, 0) is 19.1 Å². The number of carbonyl (C=O) groups excluding carboxylic acids is 2. The van der Waals surface area contributed by atoms with Gasteiger partial charge in [-0.3, -0.25) is 9.59 Å². The fourth-order valence-corrected chi connectivity index (χ4v) is 3.27. The molecule has 0 aliphatic rings. The van der Waals surface area contributed by atoms with Crippen LogP contribution in [0.3, 0.4) is 0 Å². The summed E-state index contributed by atoms with van der Waals surface area (Å²) in [6, 6.07) is 11.1. The quantitative estimate of drug-likeness (QED) is 0.556. The Labute approximate surface area is 169 Å². The predicted molar refractivity (Wildman–Crippen MR) is 108 cm³/mol. The van der Waals surface area contributed by atoms with Gasteiger partial charge in [-0.2, -0.15) is 0 Å². The number of methoxy groups -OCH3 is 2. The summed E-state index contributed by atoms with van der Waals surface area (Å²) in [6.07, 6.45) is 0. The maximum atomic E-state index is 12.2. The van der Waals surface area contributed by atoms with Crippen LogP contribution in [0, 0.1) is 6.92 Å². The molecule has 2 rings (SSSR count). The minimum absolute atomic E-state index is 0.0561. The lowest BCUT2D eigenvalue weighted by atomic mass is 10.2. The van der Waals surface area contributed by atoms with E-state index in [4.69, 9.17) is 9.47 Å². The zero-order valence-electron chi connectivity index (χ0n) is 16.3. The topological polar surface area (TPSA) is 123 Å². The van der Waals surface area contributed by atoms with Crippen LogP contribution in [0.1, 0.15) is 5.56 Å². The van der Waals surface area contributed by atoms with Crippen LogP contribution in [0.5, 0.6) is 11.5 Å². The molecule has 0 aliphatic carbocycles. The monoisotopic (exact) mass is 421 g/mol. The Morgan fingerprint density at radius 3 is 2.03 bits per heavy atom. The van der Waals surface area contributed by atoms with Crippen molar-refractivity contribution in [1.29, 1.82) is 0 Å². The SMILES string of the molecule is COc1cc(NC(=O)CNC(=O)CNS(=O)(=O)c2ccc(C)cc2)cc(OC)c1. The predicted octanol–water partition coefficient (Wildman–Crippen LogP) is 1.05. The van der Waals surface area contributed by atoms with Gasteiger partial charge in [0.25, 0.3) is 0 Å². The van der Waals surface area contributed by atoms with Crippen molar-refractivity contribution < 1.29 is 27.5 Å². The highest BCUT2D eigenvalue weighted by Gasteiger charge is 2.15. The number of hydrogen-bond donors (Lipinski definition) is 3. The molecule has 3 N–H and O–H groups in total. The number of sulfonamides is 1. The summed E-state index contributed by atoms with van der Waals surface area (Å²) in [5.41, 5.74) is 1.35. The molecule has 0 saturated carbocycles. The first kappa shape index (κ1) is 22.2. The number of amides is 2. The molecule has 0 aliphatic heterocycles. The van der Waals surface area contributed by atoms with E-state index in [-0.39, 0.29) is 11.4 Å². The van der Waals surface area contributed by atoms with Gasteiger partial charge < -0.3 is 20.1 Å². The highest BCUT2D eigenvalue weighted by Crippen LogP contribution is 2.25. The molecule has 10 heteroatoms. The minimum Gasteiger partial charge on any atom is -0.497 e. The summed E-state index contributed by atoms with van der Waals surface area (Å²) in [7, 11) is -0.845. The summed E-state index contributed by atoms with van der Waals surface area (Å²) in [5.74, 6) is -0.141. The highest BCUT2D eigenvalue weighted by molar-refractivity contribution is 7.89. The van der Waals surface area contributed by atoms with E-state index in [1.807, 2.05) is 6.92 Å². The molecule has 9 nitrogen and oxygen atoms in total. The van der Waals surface area contributed by atoms with Gasteiger partial charge in [0.15, 0.2) is 0 Å². The van der Waals surface area contributed by atoms with E-state index in [0.717, 1.165) is 5.56 Å². The fraction of sp³-hybridized carbons (Fsp3) is 0.263. The first-order chi connectivity index (χ1) is 13.7. The molecule has 0 bridgehead atoms. The number of ether oxygens (including phenoxy) is 2. The van der Waals surface area contributed by atoms with Gasteiger partial charge >= 0.3 is 0 Å². The first-order valence-corrected chi connectivity index (χ1v) is 10.1. The summed E-state index contributed by atoms with van der Waals surface area (Å²) in [5, 5.41) is 4.95. The molecule has 0 spiro atoms. The van der Waals surface area contributed by atoms with Gasteiger partial charge in [0.1, 0.15) is 11.5 Å². The van der Waals surface area contributed by atoms with Crippen molar-refractivity contribution in [3.8, 4) is 11.5 Å². The number of carbonyl (C=O) groups is 2. The minimum atomic E-state index is -3.81. The Morgan fingerprint density at radius 1 is 0.897 bits per heavy atom. The van der Waals surface area contributed by atoms with E-state index in [9.17, 15) is 18.0 Å². The Hall–Kier alpha value is -3.11. The first-order valence-electron chi connectivity index (χ1n) is 8.59. The number of hydrogen-bond acceptors (Lipinski definition) is 6. The number of benzene rings is 2. The molecule has 156 valence electrons. The highest BCUT2D eigenvalue weighted by atomic mass is 32.2. The Bertz CT molecular complexity index is 952. The Balaban J connectivity index is 1.84. The molecule has 2 aromatic rings. The number of rotatable bonds is 9. The summed E-state index contributed by atoms with van der Waals surface area (Å²) < 4.78 is 36.7. The second kappa shape index (κ2) is 9.89. The van der Waals surface area contributed by atoms with Crippen molar-refractivity contribution in [2.24, 2.45) is 0 Å². The van der Waals surface area contributed by atoms with Crippen LogP contribution in [0.25, 0.3) is 0 Å². The maximum Gasteiger partial charge on any atom is 0.243 e. The third-order valence-electron chi connectivity index (χ3n) is 3.84. The molecule has 0 heterocycles.